The summed E-state index contributed by atoms with van der Waals surface area (Å²) in [5, 5.41) is 15.6. The fraction of sp³-hybridized carbons (Fsp3) is 0.214. The second kappa shape index (κ2) is 27.9. The number of amides is 2. The highest BCUT2D eigenvalue weighted by atomic mass is 32.3. The zero-order valence-electron chi connectivity index (χ0n) is 24.4. The molecule has 236 valence electrons. The molecule has 14 heteroatoms. The van der Waals surface area contributed by atoms with Gasteiger partial charge >= 0.3 is 10.4 Å². The number of ketones is 1. The number of nitrogens with two attached hydrogens (primary N) is 1. The molecule has 3 aromatic rings. The molecular formula is C28H43FN4O8S. The molecule has 2 amide bonds. The van der Waals surface area contributed by atoms with Crippen molar-refractivity contribution in [2.24, 2.45) is 5.16 Å². The molecule has 0 bridgehead atoms. The van der Waals surface area contributed by atoms with E-state index < -0.39 is 28.0 Å². The molecule has 0 aliphatic carbocycles. The van der Waals surface area contributed by atoms with Gasteiger partial charge in [-0.15, -0.1) is 0 Å². The van der Waals surface area contributed by atoms with E-state index in [1.165, 1.54) is 0 Å². The second-order valence-electron chi connectivity index (χ2n) is 6.29. The van der Waals surface area contributed by atoms with Crippen LogP contribution in [0.25, 0.3) is 0 Å². The molecule has 0 unspecified atom stereocenters. The van der Waals surface area contributed by atoms with Crippen LogP contribution in [-0.2, 0) is 20.0 Å². The number of nitrogens with zero attached hydrogens (tertiary/aromatic N) is 1. The highest BCUT2D eigenvalue weighted by Gasteiger charge is 2.26. The van der Waals surface area contributed by atoms with Crippen LogP contribution in [0.15, 0.2) is 90.1 Å². The van der Waals surface area contributed by atoms with Crippen molar-refractivity contribution in [3.63, 3.8) is 0 Å². The average molecular weight is 615 g/mol. The molecule has 0 saturated heterocycles. The highest BCUT2D eigenvalue weighted by molar-refractivity contribution is 7.79. The summed E-state index contributed by atoms with van der Waals surface area (Å²) in [6.45, 7) is 12.0. The van der Waals surface area contributed by atoms with E-state index in [0.29, 0.717) is 16.9 Å². The van der Waals surface area contributed by atoms with E-state index in [1.807, 2.05) is 77.9 Å². The fourth-order valence-electron chi connectivity index (χ4n) is 2.29. The lowest BCUT2D eigenvalue weighted by Crippen LogP contribution is -2.12. The Morgan fingerprint density at radius 3 is 1.62 bits per heavy atom. The van der Waals surface area contributed by atoms with Crippen LogP contribution in [0.3, 0.4) is 0 Å². The van der Waals surface area contributed by atoms with E-state index in [1.54, 1.807) is 48.5 Å². The number of halogens is 1. The van der Waals surface area contributed by atoms with Crippen molar-refractivity contribution in [3.8, 4) is 0 Å². The fourth-order valence-corrected chi connectivity index (χ4v) is 2.29. The van der Waals surface area contributed by atoms with Crippen LogP contribution >= 0.6 is 0 Å². The Bertz CT molecular complexity index is 1260. The van der Waals surface area contributed by atoms with Gasteiger partial charge in [-0.25, -0.2) is 0 Å². The van der Waals surface area contributed by atoms with Crippen LogP contribution in [-0.4, -0.2) is 46.5 Å². The topological polar surface area (TPSA) is 208 Å². The molecule has 0 radical (unpaired) electrons. The van der Waals surface area contributed by atoms with Crippen LogP contribution in [0.4, 0.5) is 21.8 Å². The third kappa shape index (κ3) is 24.4. The molecule has 0 spiro atoms. The van der Waals surface area contributed by atoms with Gasteiger partial charge in [0.1, 0.15) is 6.21 Å². The Balaban J connectivity index is -0.000000144. The number of hydrogen-bond donors (Lipinski definition) is 6. The molecule has 1 aliphatic rings. The van der Waals surface area contributed by atoms with Crippen molar-refractivity contribution < 1.29 is 43.2 Å². The standard InChI is InChI=1S/C8H8N2O2.C8H5NO2.C6H7N.3C2H6.FH.H2O4S.H2/c11-8(6-9-12)10-7-4-2-1-3-5-7;10-7-5-3-1-2-4-6(5)9-8(7)11;7-6-4-2-1-3-5-6;3*1-2;;1-5(2,3)4;/h1-6,12H,(H,10,11);1-4H,(H,9,10,11);1-5H,7H2;3*1-2H3;1H;(H2,1,2,3,4);1H/b9-6+;;;;;;;;. The number of nitrogen functional groups attached to an aromatic ring is 1. The smallest absolute Gasteiger partial charge is 0.394 e. The lowest BCUT2D eigenvalue weighted by atomic mass is 10.1. The van der Waals surface area contributed by atoms with E-state index in [-0.39, 0.29) is 6.13 Å². The number of fused-ring (bicyclic) bond motifs is 1. The molecule has 0 atom stereocenters. The van der Waals surface area contributed by atoms with Gasteiger partial charge in [-0.1, -0.05) is 95.2 Å². The summed E-state index contributed by atoms with van der Waals surface area (Å²) in [6.07, 6.45) is 0.799. The Labute approximate surface area is 248 Å². The number of benzene rings is 3. The van der Waals surface area contributed by atoms with Gasteiger partial charge in [-0.2, -0.15) is 8.42 Å². The zero-order valence-corrected chi connectivity index (χ0v) is 25.2. The van der Waals surface area contributed by atoms with E-state index in [9.17, 15) is 14.4 Å². The van der Waals surface area contributed by atoms with Gasteiger partial charge in [0.05, 0.1) is 11.3 Å². The minimum absolute atomic E-state index is 0. The molecule has 0 saturated carbocycles. The molecule has 7 N–H and O–H groups in total. The maximum absolute atomic E-state index is 11.0. The van der Waals surface area contributed by atoms with E-state index in [0.717, 1.165) is 11.9 Å². The predicted molar refractivity (Wildman–Crippen MR) is 168 cm³/mol. The number of rotatable bonds is 2. The minimum atomic E-state index is -4.67. The monoisotopic (exact) mass is 614 g/mol. The van der Waals surface area contributed by atoms with Gasteiger partial charge in [0.15, 0.2) is 0 Å². The molecule has 12 nitrogen and oxygen atoms in total. The van der Waals surface area contributed by atoms with E-state index >= 15 is 0 Å². The minimum Gasteiger partial charge on any atom is -0.411 e. The van der Waals surface area contributed by atoms with Gasteiger partial charge in [0, 0.05) is 12.8 Å². The second-order valence-corrected chi connectivity index (χ2v) is 7.18. The summed E-state index contributed by atoms with van der Waals surface area (Å²) in [6, 6.07) is 25.3. The maximum Gasteiger partial charge on any atom is 0.394 e. The summed E-state index contributed by atoms with van der Waals surface area (Å²) in [5.41, 5.74) is 7.93. The summed E-state index contributed by atoms with van der Waals surface area (Å²) in [4.78, 5) is 32.5. The average Bonchev–Trinajstić information content (AvgIpc) is 3.26. The lowest BCUT2D eigenvalue weighted by molar-refractivity contribution is -0.112. The van der Waals surface area contributed by atoms with Crippen molar-refractivity contribution in [1.82, 2.24) is 0 Å². The van der Waals surface area contributed by atoms with Crippen molar-refractivity contribution in [1.29, 1.82) is 0 Å². The van der Waals surface area contributed by atoms with Gasteiger partial charge in [0.25, 0.3) is 17.6 Å². The van der Waals surface area contributed by atoms with Crippen LogP contribution in [0.5, 0.6) is 0 Å². The van der Waals surface area contributed by atoms with Crippen molar-refractivity contribution in [2.45, 2.75) is 41.5 Å². The van der Waals surface area contributed by atoms with Gasteiger partial charge in [0.2, 0.25) is 0 Å². The number of nitrogens with one attached hydrogen (secondary N) is 2. The third-order valence-electron chi connectivity index (χ3n) is 3.64. The first kappa shape index (κ1) is 44.4. The Morgan fingerprint density at radius 1 is 0.833 bits per heavy atom. The largest absolute Gasteiger partial charge is 0.411 e. The number of oxime groups is 1. The number of carbonyl (C=O) groups is 3. The Kier molecular flexibility index (Phi) is 29.5. The first-order valence-corrected chi connectivity index (χ1v) is 13.9. The third-order valence-corrected chi connectivity index (χ3v) is 3.64. The number of carbonyl (C=O) groups excluding carboxylic acids is 3. The van der Waals surface area contributed by atoms with Gasteiger partial charge < -0.3 is 21.6 Å². The summed E-state index contributed by atoms with van der Waals surface area (Å²) < 4.78 is 31.6. The summed E-state index contributed by atoms with van der Waals surface area (Å²) >= 11 is 0. The quantitative estimate of drug-likeness (QED) is 0.0498. The molecule has 0 aromatic heterocycles. The number of Topliss-reactive ketones (excluding diaryl/α,β-unsaturated/α-hetero) is 1. The first-order chi connectivity index (χ1) is 19.5. The lowest BCUT2D eigenvalue weighted by Gasteiger charge is -1.98. The van der Waals surface area contributed by atoms with Crippen molar-refractivity contribution in [3.05, 3.63) is 90.5 Å². The van der Waals surface area contributed by atoms with Gasteiger partial charge in [-0.05, 0) is 36.4 Å². The Morgan fingerprint density at radius 2 is 1.24 bits per heavy atom. The summed E-state index contributed by atoms with van der Waals surface area (Å²) in [5.74, 6) is -1.43. The van der Waals surface area contributed by atoms with Crippen molar-refractivity contribution >= 4 is 51.3 Å². The normalized spacial score (nSPS) is 9.90. The maximum atomic E-state index is 11.0. The Hall–Kier alpha value is -4.66. The molecule has 3 aromatic carbocycles. The molecule has 1 heterocycles. The van der Waals surface area contributed by atoms with Crippen LogP contribution in [0.2, 0.25) is 0 Å². The molecule has 0 fully saturated rings. The molecular weight excluding hydrogens is 571 g/mol. The zero-order chi connectivity index (χ0) is 32.3. The van der Waals surface area contributed by atoms with E-state index in [4.69, 9.17) is 28.5 Å². The van der Waals surface area contributed by atoms with Crippen LogP contribution in [0.1, 0.15) is 53.3 Å². The van der Waals surface area contributed by atoms with Crippen LogP contribution in [0, 0.1) is 0 Å². The number of hydrogen-bond acceptors (Lipinski definition) is 8. The van der Waals surface area contributed by atoms with Crippen molar-refractivity contribution in [2.75, 3.05) is 16.4 Å². The SMILES string of the molecule is CC.CC.CC.F.Nc1ccccc1.O=C(/C=N/O)Nc1ccccc1.O=C1Nc2ccccc2C1=O.O=S(=O)(O)O.[HH]. The summed E-state index contributed by atoms with van der Waals surface area (Å²) in [7, 11) is -4.67. The first-order valence-electron chi connectivity index (χ1n) is 12.5. The predicted octanol–water partition coefficient (Wildman–Crippen LogP) is 6.00. The molecule has 4 rings (SSSR count). The molecule has 1 aliphatic heterocycles. The number of anilines is 3. The highest BCUT2D eigenvalue weighted by Crippen LogP contribution is 2.21. The number of para-hydroxylation sites is 3. The van der Waals surface area contributed by atoms with Gasteiger partial charge in [-0.3, -0.25) is 28.2 Å². The molecule has 42 heavy (non-hydrogen) atoms. The van der Waals surface area contributed by atoms with Crippen LogP contribution < -0.4 is 16.4 Å². The van der Waals surface area contributed by atoms with E-state index in [2.05, 4.69) is 15.8 Å².